The van der Waals surface area contributed by atoms with Crippen molar-refractivity contribution < 1.29 is 13.9 Å². The van der Waals surface area contributed by atoms with Crippen LogP contribution in [0.15, 0.2) is 18.2 Å². The van der Waals surface area contributed by atoms with Gasteiger partial charge in [-0.25, -0.2) is 4.39 Å². The molecule has 0 unspecified atom stereocenters. The maximum Gasteiger partial charge on any atom is 0.323 e. The van der Waals surface area contributed by atoms with Gasteiger partial charge in [0.25, 0.3) is 0 Å². The molecule has 1 aromatic heterocycles. The minimum Gasteiger partial charge on any atom is -0.494 e. The third-order valence-electron chi connectivity index (χ3n) is 2.48. The van der Waals surface area contributed by atoms with Crippen LogP contribution in [0.4, 0.5) is 22.0 Å². The number of halogens is 1. The molecule has 0 radical (unpaired) electrons. The van der Waals surface area contributed by atoms with E-state index in [1.807, 2.05) is 6.92 Å². The van der Waals surface area contributed by atoms with Crippen LogP contribution in [0.25, 0.3) is 0 Å². The molecule has 0 saturated carbocycles. The van der Waals surface area contributed by atoms with Crippen LogP contribution in [0.3, 0.4) is 0 Å². The number of aromatic nitrogens is 3. The van der Waals surface area contributed by atoms with Crippen molar-refractivity contribution in [3.05, 3.63) is 24.0 Å². The summed E-state index contributed by atoms with van der Waals surface area (Å²) in [5.74, 6) is 0.141. The van der Waals surface area contributed by atoms with Gasteiger partial charge < -0.3 is 20.5 Å². The molecule has 2 rings (SSSR count). The Labute approximate surface area is 121 Å². The van der Waals surface area contributed by atoms with Gasteiger partial charge in [0, 0.05) is 6.07 Å². The molecule has 1 aromatic carbocycles. The number of nitrogens with zero attached hydrogens (tertiary/aromatic N) is 3. The second-order valence-corrected chi connectivity index (χ2v) is 4.12. The molecule has 0 aliphatic carbocycles. The first-order valence-electron chi connectivity index (χ1n) is 6.37. The smallest absolute Gasteiger partial charge is 0.323 e. The highest BCUT2D eigenvalue weighted by Gasteiger charge is 2.09. The minimum atomic E-state index is -0.403. The molecule has 0 spiro atoms. The van der Waals surface area contributed by atoms with Crippen molar-refractivity contribution in [2.24, 2.45) is 0 Å². The van der Waals surface area contributed by atoms with Crippen molar-refractivity contribution in [3.63, 3.8) is 0 Å². The molecule has 0 fully saturated rings. The van der Waals surface area contributed by atoms with Crippen molar-refractivity contribution in [3.8, 4) is 11.8 Å². The van der Waals surface area contributed by atoms with Crippen LogP contribution in [0, 0.1) is 5.82 Å². The van der Waals surface area contributed by atoms with Gasteiger partial charge in [-0.05, 0) is 18.6 Å². The minimum absolute atomic E-state index is 0.0275. The number of anilines is 3. The third-order valence-corrected chi connectivity index (χ3v) is 2.48. The van der Waals surface area contributed by atoms with Gasteiger partial charge in [0.15, 0.2) is 0 Å². The lowest BCUT2D eigenvalue weighted by Gasteiger charge is -2.11. The Morgan fingerprint density at radius 1 is 1.29 bits per heavy atom. The Bertz CT molecular complexity index is 624. The van der Waals surface area contributed by atoms with Crippen LogP contribution in [0.5, 0.6) is 11.8 Å². The van der Waals surface area contributed by atoms with Crippen molar-refractivity contribution in [1.29, 1.82) is 0 Å². The molecule has 0 amide bonds. The number of hydrogen-bond donors (Lipinski definition) is 2. The zero-order valence-electron chi connectivity index (χ0n) is 11.8. The Hall–Kier alpha value is -2.64. The average molecular weight is 293 g/mol. The van der Waals surface area contributed by atoms with E-state index >= 15 is 0 Å². The SMILES string of the molecule is CCCOc1nc(N)nc(Nc2ccc(F)cc2OC)n1. The molecule has 0 atom stereocenters. The van der Waals surface area contributed by atoms with E-state index in [9.17, 15) is 4.39 Å². The molecule has 112 valence electrons. The first kappa shape index (κ1) is 14.8. The number of methoxy groups -OCH3 is 1. The molecule has 8 heteroatoms. The van der Waals surface area contributed by atoms with Crippen molar-refractivity contribution in [2.75, 3.05) is 24.8 Å². The van der Waals surface area contributed by atoms with Crippen molar-refractivity contribution in [2.45, 2.75) is 13.3 Å². The van der Waals surface area contributed by atoms with Crippen LogP contribution in [-0.4, -0.2) is 28.7 Å². The molecule has 1 heterocycles. The molecule has 0 aliphatic heterocycles. The van der Waals surface area contributed by atoms with E-state index in [-0.39, 0.29) is 17.9 Å². The summed E-state index contributed by atoms with van der Waals surface area (Å²) in [5.41, 5.74) is 6.11. The summed E-state index contributed by atoms with van der Waals surface area (Å²) >= 11 is 0. The standard InChI is InChI=1S/C13H16FN5O2/c1-3-6-21-13-18-11(15)17-12(19-13)16-9-5-4-8(14)7-10(9)20-2/h4-5,7H,3,6H2,1-2H3,(H3,15,16,17,18,19). The van der Waals surface area contributed by atoms with E-state index in [1.165, 1.54) is 25.3 Å². The summed E-state index contributed by atoms with van der Waals surface area (Å²) in [6.07, 6.45) is 0.820. The maximum absolute atomic E-state index is 13.2. The van der Waals surface area contributed by atoms with E-state index < -0.39 is 5.82 Å². The van der Waals surface area contributed by atoms with Gasteiger partial charge in [-0.3, -0.25) is 0 Å². The van der Waals surface area contributed by atoms with E-state index in [4.69, 9.17) is 15.2 Å². The topological polar surface area (TPSA) is 95.2 Å². The monoisotopic (exact) mass is 293 g/mol. The van der Waals surface area contributed by atoms with Gasteiger partial charge in [-0.1, -0.05) is 6.92 Å². The Balaban J connectivity index is 2.24. The first-order valence-corrected chi connectivity index (χ1v) is 6.37. The summed E-state index contributed by atoms with van der Waals surface area (Å²) in [7, 11) is 1.44. The normalized spacial score (nSPS) is 10.2. The molecular formula is C13H16FN5O2. The Kier molecular flexibility index (Phi) is 4.70. The van der Waals surface area contributed by atoms with Gasteiger partial charge in [0.2, 0.25) is 11.9 Å². The van der Waals surface area contributed by atoms with Crippen LogP contribution in [-0.2, 0) is 0 Å². The number of nitrogens with two attached hydrogens (primary N) is 1. The molecule has 3 N–H and O–H groups in total. The summed E-state index contributed by atoms with van der Waals surface area (Å²) in [6, 6.07) is 4.19. The average Bonchev–Trinajstić information content (AvgIpc) is 2.46. The zero-order chi connectivity index (χ0) is 15.2. The van der Waals surface area contributed by atoms with Gasteiger partial charge in [0.05, 0.1) is 19.4 Å². The number of nitrogens with one attached hydrogen (secondary N) is 1. The molecular weight excluding hydrogens is 277 g/mol. The summed E-state index contributed by atoms with van der Waals surface area (Å²) < 4.78 is 23.6. The predicted octanol–water partition coefficient (Wildman–Crippen LogP) is 2.13. The van der Waals surface area contributed by atoms with Gasteiger partial charge in [0.1, 0.15) is 11.6 Å². The largest absolute Gasteiger partial charge is 0.494 e. The maximum atomic E-state index is 13.2. The highest BCUT2D eigenvalue weighted by atomic mass is 19.1. The Morgan fingerprint density at radius 2 is 2.10 bits per heavy atom. The molecule has 21 heavy (non-hydrogen) atoms. The number of benzene rings is 1. The lowest BCUT2D eigenvalue weighted by Crippen LogP contribution is -2.08. The van der Waals surface area contributed by atoms with Gasteiger partial charge in [-0.2, -0.15) is 15.0 Å². The molecule has 7 nitrogen and oxygen atoms in total. The summed E-state index contributed by atoms with van der Waals surface area (Å²) in [5, 5.41) is 2.89. The third kappa shape index (κ3) is 3.91. The van der Waals surface area contributed by atoms with Crippen molar-refractivity contribution >= 4 is 17.6 Å². The number of nitrogen functional groups attached to an aromatic ring is 1. The van der Waals surface area contributed by atoms with Gasteiger partial charge in [-0.15, -0.1) is 0 Å². The lowest BCUT2D eigenvalue weighted by atomic mass is 10.3. The fraction of sp³-hybridized carbons (Fsp3) is 0.308. The van der Waals surface area contributed by atoms with Crippen LogP contribution in [0.2, 0.25) is 0 Å². The van der Waals surface area contributed by atoms with Crippen molar-refractivity contribution in [1.82, 2.24) is 15.0 Å². The molecule has 0 bridgehead atoms. The second kappa shape index (κ2) is 6.69. The van der Waals surface area contributed by atoms with E-state index in [0.717, 1.165) is 6.42 Å². The van der Waals surface area contributed by atoms with Crippen LogP contribution < -0.4 is 20.5 Å². The van der Waals surface area contributed by atoms with Crippen LogP contribution in [0.1, 0.15) is 13.3 Å². The van der Waals surface area contributed by atoms with E-state index in [0.29, 0.717) is 18.0 Å². The molecule has 0 aliphatic rings. The fourth-order valence-corrected chi connectivity index (χ4v) is 1.57. The summed E-state index contributed by atoms with van der Waals surface area (Å²) in [6.45, 7) is 2.44. The quantitative estimate of drug-likeness (QED) is 0.842. The van der Waals surface area contributed by atoms with Gasteiger partial charge >= 0.3 is 6.01 Å². The number of hydrogen-bond acceptors (Lipinski definition) is 7. The Morgan fingerprint density at radius 3 is 2.81 bits per heavy atom. The summed E-state index contributed by atoms with van der Waals surface area (Å²) in [4.78, 5) is 11.9. The fourth-order valence-electron chi connectivity index (χ4n) is 1.57. The first-order chi connectivity index (χ1) is 10.1. The van der Waals surface area contributed by atoms with Crippen LogP contribution >= 0.6 is 0 Å². The molecule has 0 saturated heterocycles. The van der Waals surface area contributed by atoms with E-state index in [2.05, 4.69) is 20.3 Å². The zero-order valence-corrected chi connectivity index (χ0v) is 11.8. The lowest BCUT2D eigenvalue weighted by molar-refractivity contribution is 0.292. The second-order valence-electron chi connectivity index (χ2n) is 4.12. The predicted molar refractivity (Wildman–Crippen MR) is 76.3 cm³/mol. The van der Waals surface area contributed by atoms with E-state index in [1.54, 1.807) is 0 Å². The molecule has 2 aromatic rings. The number of ether oxygens (including phenoxy) is 2. The number of rotatable bonds is 6. The highest BCUT2D eigenvalue weighted by molar-refractivity contribution is 5.62. The highest BCUT2D eigenvalue weighted by Crippen LogP contribution is 2.27.